The minimum atomic E-state index is -0.168. The van der Waals surface area contributed by atoms with Crippen LogP contribution in [0.25, 0.3) is 0 Å². The molecule has 1 saturated heterocycles. The van der Waals surface area contributed by atoms with Gasteiger partial charge in [0.1, 0.15) is 0 Å². The Hall–Kier alpha value is -1.06. The van der Waals surface area contributed by atoms with Crippen molar-refractivity contribution >= 4 is 11.9 Å². The van der Waals surface area contributed by atoms with Gasteiger partial charge >= 0.3 is 5.97 Å². The van der Waals surface area contributed by atoms with Crippen LogP contribution in [0.3, 0.4) is 0 Å². The van der Waals surface area contributed by atoms with Gasteiger partial charge in [-0.15, -0.1) is 0 Å². The number of esters is 1. The zero-order chi connectivity index (χ0) is 10.4. The Morgan fingerprint density at radius 3 is 3.00 bits per heavy atom. The molecule has 1 heterocycles. The van der Waals surface area contributed by atoms with E-state index in [2.05, 4.69) is 12.2 Å². The third kappa shape index (κ3) is 3.36. The highest BCUT2D eigenvalue weighted by Crippen LogP contribution is 2.12. The quantitative estimate of drug-likeness (QED) is 0.539. The summed E-state index contributed by atoms with van der Waals surface area (Å²) in [5, 5.41) is 2.66. The Morgan fingerprint density at radius 1 is 1.64 bits per heavy atom. The van der Waals surface area contributed by atoms with Gasteiger partial charge < -0.3 is 10.1 Å². The van der Waals surface area contributed by atoms with Crippen LogP contribution >= 0.6 is 0 Å². The largest absolute Gasteiger partial charge is 0.465 e. The SMILES string of the molecule is CCCCOC(=O)C1CCC(=O)NC1. The molecule has 0 aromatic heterocycles. The van der Waals surface area contributed by atoms with Gasteiger partial charge in [-0.1, -0.05) is 13.3 Å². The van der Waals surface area contributed by atoms with Gasteiger partial charge in [0.25, 0.3) is 0 Å². The number of carbonyl (C=O) groups is 2. The van der Waals surface area contributed by atoms with E-state index in [1.807, 2.05) is 0 Å². The molecule has 1 aliphatic heterocycles. The fourth-order valence-electron chi connectivity index (χ4n) is 1.37. The molecule has 1 fully saturated rings. The van der Waals surface area contributed by atoms with E-state index >= 15 is 0 Å². The normalized spacial score (nSPS) is 21.5. The zero-order valence-electron chi connectivity index (χ0n) is 8.54. The standard InChI is InChI=1S/C10H17NO3/c1-2-3-6-14-10(13)8-4-5-9(12)11-7-8/h8H,2-7H2,1H3,(H,11,12). The van der Waals surface area contributed by atoms with Crippen LogP contribution in [0.2, 0.25) is 0 Å². The highest BCUT2D eigenvalue weighted by atomic mass is 16.5. The van der Waals surface area contributed by atoms with Crippen molar-refractivity contribution in [3.05, 3.63) is 0 Å². The maximum absolute atomic E-state index is 11.4. The maximum atomic E-state index is 11.4. The molecule has 1 rings (SSSR count). The second-order valence-electron chi connectivity index (χ2n) is 3.56. The minimum Gasteiger partial charge on any atom is -0.465 e. The molecule has 0 radical (unpaired) electrons. The summed E-state index contributed by atoms with van der Waals surface area (Å²) in [6.07, 6.45) is 2.99. The molecule has 0 aromatic rings. The third-order valence-corrected chi connectivity index (χ3v) is 2.34. The van der Waals surface area contributed by atoms with Crippen molar-refractivity contribution in [1.82, 2.24) is 5.32 Å². The molecular formula is C10H17NO3. The van der Waals surface area contributed by atoms with Gasteiger partial charge in [-0.05, 0) is 12.8 Å². The molecule has 0 aromatic carbocycles. The fraction of sp³-hybridized carbons (Fsp3) is 0.800. The number of unbranched alkanes of at least 4 members (excludes halogenated alkanes) is 1. The summed E-state index contributed by atoms with van der Waals surface area (Å²) in [6.45, 7) is 2.98. The first-order valence-corrected chi connectivity index (χ1v) is 5.17. The van der Waals surface area contributed by atoms with Crippen molar-refractivity contribution in [2.75, 3.05) is 13.2 Å². The monoisotopic (exact) mass is 199 g/mol. The van der Waals surface area contributed by atoms with Gasteiger partial charge in [0, 0.05) is 13.0 Å². The van der Waals surface area contributed by atoms with Gasteiger partial charge in [0.2, 0.25) is 5.91 Å². The van der Waals surface area contributed by atoms with E-state index in [-0.39, 0.29) is 17.8 Å². The molecule has 1 N–H and O–H groups in total. The summed E-state index contributed by atoms with van der Waals surface area (Å²) in [5.41, 5.74) is 0. The summed E-state index contributed by atoms with van der Waals surface area (Å²) >= 11 is 0. The molecule has 1 atom stereocenters. The maximum Gasteiger partial charge on any atom is 0.310 e. The van der Waals surface area contributed by atoms with Crippen molar-refractivity contribution < 1.29 is 14.3 Å². The van der Waals surface area contributed by atoms with E-state index in [1.54, 1.807) is 0 Å². The number of hydrogen-bond donors (Lipinski definition) is 1. The highest BCUT2D eigenvalue weighted by molar-refractivity contribution is 5.80. The number of amides is 1. The molecule has 4 nitrogen and oxygen atoms in total. The first-order chi connectivity index (χ1) is 6.74. The van der Waals surface area contributed by atoms with E-state index in [4.69, 9.17) is 4.74 Å². The highest BCUT2D eigenvalue weighted by Gasteiger charge is 2.25. The smallest absolute Gasteiger partial charge is 0.310 e. The van der Waals surface area contributed by atoms with Gasteiger partial charge in [0.05, 0.1) is 12.5 Å². The van der Waals surface area contributed by atoms with Crippen molar-refractivity contribution in [3.63, 3.8) is 0 Å². The van der Waals surface area contributed by atoms with Crippen LogP contribution in [0.15, 0.2) is 0 Å². The molecule has 0 spiro atoms. The van der Waals surface area contributed by atoms with Crippen LogP contribution in [0.1, 0.15) is 32.6 Å². The predicted molar refractivity (Wildman–Crippen MR) is 51.6 cm³/mol. The number of carbonyl (C=O) groups excluding carboxylic acids is 2. The Labute approximate surface area is 84.0 Å². The lowest BCUT2D eigenvalue weighted by atomic mass is 10.00. The van der Waals surface area contributed by atoms with Crippen LogP contribution in [-0.2, 0) is 14.3 Å². The van der Waals surface area contributed by atoms with E-state index < -0.39 is 0 Å². The minimum absolute atomic E-state index is 0.0302. The Morgan fingerprint density at radius 2 is 2.43 bits per heavy atom. The van der Waals surface area contributed by atoms with E-state index in [1.165, 1.54) is 0 Å². The van der Waals surface area contributed by atoms with Crippen molar-refractivity contribution in [1.29, 1.82) is 0 Å². The van der Waals surface area contributed by atoms with E-state index in [0.29, 0.717) is 26.0 Å². The van der Waals surface area contributed by atoms with Gasteiger partial charge in [-0.3, -0.25) is 9.59 Å². The molecule has 4 heteroatoms. The fourth-order valence-corrected chi connectivity index (χ4v) is 1.37. The second-order valence-corrected chi connectivity index (χ2v) is 3.56. The summed E-state index contributed by atoms with van der Waals surface area (Å²) in [5.74, 6) is -0.273. The van der Waals surface area contributed by atoms with Crippen LogP contribution < -0.4 is 5.32 Å². The lowest BCUT2D eigenvalue weighted by Crippen LogP contribution is -2.39. The molecule has 1 amide bonds. The second kappa shape index (κ2) is 5.62. The van der Waals surface area contributed by atoms with Crippen LogP contribution in [0.5, 0.6) is 0 Å². The van der Waals surface area contributed by atoms with Crippen molar-refractivity contribution in [3.8, 4) is 0 Å². The Bertz CT molecular complexity index is 205. The van der Waals surface area contributed by atoms with Crippen molar-refractivity contribution in [2.45, 2.75) is 32.6 Å². The number of nitrogens with one attached hydrogen (secondary N) is 1. The summed E-state index contributed by atoms with van der Waals surface area (Å²) in [6, 6.07) is 0. The first-order valence-electron chi connectivity index (χ1n) is 5.17. The first kappa shape index (κ1) is 11.0. The summed E-state index contributed by atoms with van der Waals surface area (Å²) in [7, 11) is 0. The van der Waals surface area contributed by atoms with Crippen molar-refractivity contribution in [2.24, 2.45) is 5.92 Å². The van der Waals surface area contributed by atoms with Gasteiger partial charge in [-0.2, -0.15) is 0 Å². The van der Waals surface area contributed by atoms with Gasteiger partial charge in [-0.25, -0.2) is 0 Å². The number of ether oxygens (including phenoxy) is 1. The number of hydrogen-bond acceptors (Lipinski definition) is 3. The number of rotatable bonds is 4. The Balaban J connectivity index is 2.20. The molecule has 0 bridgehead atoms. The van der Waals surface area contributed by atoms with Crippen LogP contribution in [0, 0.1) is 5.92 Å². The Kier molecular flexibility index (Phi) is 4.43. The molecule has 80 valence electrons. The van der Waals surface area contributed by atoms with E-state index in [0.717, 1.165) is 12.8 Å². The van der Waals surface area contributed by atoms with Gasteiger partial charge in [0.15, 0.2) is 0 Å². The lowest BCUT2D eigenvalue weighted by Gasteiger charge is -2.20. The van der Waals surface area contributed by atoms with Crippen LogP contribution in [-0.4, -0.2) is 25.0 Å². The number of piperidine rings is 1. The van der Waals surface area contributed by atoms with Crippen LogP contribution in [0.4, 0.5) is 0 Å². The average molecular weight is 199 g/mol. The molecule has 1 aliphatic rings. The molecule has 0 saturated carbocycles. The zero-order valence-corrected chi connectivity index (χ0v) is 8.54. The molecule has 1 unspecified atom stereocenters. The lowest BCUT2D eigenvalue weighted by molar-refractivity contribution is -0.149. The predicted octanol–water partition coefficient (Wildman–Crippen LogP) is 0.856. The summed E-state index contributed by atoms with van der Waals surface area (Å²) < 4.78 is 5.07. The molecular weight excluding hydrogens is 182 g/mol. The average Bonchev–Trinajstić information content (AvgIpc) is 2.19. The molecule has 0 aliphatic carbocycles. The molecule has 14 heavy (non-hydrogen) atoms. The van der Waals surface area contributed by atoms with E-state index in [9.17, 15) is 9.59 Å². The third-order valence-electron chi connectivity index (χ3n) is 2.34. The summed E-state index contributed by atoms with van der Waals surface area (Å²) in [4.78, 5) is 22.2. The topological polar surface area (TPSA) is 55.4 Å².